The Bertz CT molecular complexity index is 187. The van der Waals surface area contributed by atoms with Gasteiger partial charge in [0.05, 0.1) is 5.60 Å². The van der Waals surface area contributed by atoms with Gasteiger partial charge in [-0.25, -0.2) is 0 Å². The van der Waals surface area contributed by atoms with Gasteiger partial charge in [0.1, 0.15) is 0 Å². The first kappa shape index (κ1) is 12.0. The molecule has 0 aromatic carbocycles. The highest BCUT2D eigenvalue weighted by atomic mass is 16.3. The van der Waals surface area contributed by atoms with Gasteiger partial charge in [-0.1, -0.05) is 27.2 Å². The van der Waals surface area contributed by atoms with Gasteiger partial charge in [-0.05, 0) is 31.6 Å². The summed E-state index contributed by atoms with van der Waals surface area (Å²) in [6, 6.07) is 0.584. The molecule has 84 valence electrons. The van der Waals surface area contributed by atoms with Crippen molar-refractivity contribution in [2.45, 2.75) is 65.0 Å². The van der Waals surface area contributed by atoms with E-state index in [9.17, 15) is 5.11 Å². The van der Waals surface area contributed by atoms with Crippen molar-refractivity contribution in [2.75, 3.05) is 6.54 Å². The van der Waals surface area contributed by atoms with E-state index in [1.165, 1.54) is 19.3 Å². The second-order valence-electron chi connectivity index (χ2n) is 5.66. The van der Waals surface area contributed by atoms with E-state index in [0.29, 0.717) is 11.5 Å². The normalized spacial score (nSPS) is 30.2. The Kier molecular flexibility index (Phi) is 3.59. The van der Waals surface area contributed by atoms with Crippen LogP contribution in [0.25, 0.3) is 0 Å². The van der Waals surface area contributed by atoms with Crippen LogP contribution in [0.5, 0.6) is 0 Å². The van der Waals surface area contributed by atoms with Gasteiger partial charge in [-0.15, -0.1) is 0 Å². The first-order valence-corrected chi connectivity index (χ1v) is 5.83. The monoisotopic (exact) mass is 199 g/mol. The molecule has 0 amide bonds. The molecule has 0 aliphatic heterocycles. The minimum atomic E-state index is -0.543. The molecule has 2 unspecified atom stereocenters. The summed E-state index contributed by atoms with van der Waals surface area (Å²) in [7, 11) is 0. The third-order valence-corrected chi connectivity index (χ3v) is 3.75. The van der Waals surface area contributed by atoms with Crippen molar-refractivity contribution in [3.05, 3.63) is 0 Å². The van der Waals surface area contributed by atoms with Gasteiger partial charge in [0.2, 0.25) is 0 Å². The lowest BCUT2D eigenvalue weighted by Crippen LogP contribution is -2.45. The third kappa shape index (κ3) is 2.96. The molecule has 0 saturated heterocycles. The van der Waals surface area contributed by atoms with E-state index >= 15 is 0 Å². The number of aliphatic hydroxyl groups is 1. The number of hydrogen-bond acceptors (Lipinski definition) is 2. The van der Waals surface area contributed by atoms with Crippen LogP contribution < -0.4 is 5.32 Å². The Balaban J connectivity index is 2.38. The summed E-state index contributed by atoms with van der Waals surface area (Å²) in [4.78, 5) is 0. The zero-order valence-electron chi connectivity index (χ0n) is 10.1. The van der Waals surface area contributed by atoms with E-state index in [1.807, 2.05) is 13.8 Å². The van der Waals surface area contributed by atoms with Gasteiger partial charge in [-0.3, -0.25) is 0 Å². The van der Waals surface area contributed by atoms with Gasteiger partial charge in [-0.2, -0.15) is 0 Å². The van der Waals surface area contributed by atoms with E-state index in [0.717, 1.165) is 13.0 Å². The van der Waals surface area contributed by atoms with Crippen molar-refractivity contribution in [3.63, 3.8) is 0 Å². The van der Waals surface area contributed by atoms with Crippen molar-refractivity contribution >= 4 is 0 Å². The maximum atomic E-state index is 9.89. The van der Waals surface area contributed by atoms with Crippen LogP contribution in [0, 0.1) is 5.41 Å². The van der Waals surface area contributed by atoms with Gasteiger partial charge in [0.15, 0.2) is 0 Å². The fourth-order valence-corrected chi connectivity index (χ4v) is 2.17. The van der Waals surface area contributed by atoms with Gasteiger partial charge >= 0.3 is 0 Å². The zero-order chi connectivity index (χ0) is 10.8. The molecule has 0 heterocycles. The molecule has 0 aromatic heterocycles. The molecule has 2 N–H and O–H groups in total. The predicted octanol–water partition coefficient (Wildman–Crippen LogP) is 2.32. The maximum absolute atomic E-state index is 9.89. The van der Waals surface area contributed by atoms with Gasteiger partial charge in [0, 0.05) is 12.6 Å². The quantitative estimate of drug-likeness (QED) is 0.728. The lowest BCUT2D eigenvalue weighted by atomic mass is 9.87. The summed E-state index contributed by atoms with van der Waals surface area (Å²) in [6.07, 6.45) is 4.69. The van der Waals surface area contributed by atoms with Crippen LogP contribution in [0.2, 0.25) is 0 Å². The molecule has 2 atom stereocenters. The number of nitrogens with one attached hydrogen (secondary N) is 1. The van der Waals surface area contributed by atoms with Crippen molar-refractivity contribution in [2.24, 2.45) is 5.41 Å². The Morgan fingerprint density at radius 2 is 2.14 bits per heavy atom. The molecule has 0 spiro atoms. The van der Waals surface area contributed by atoms with E-state index in [1.54, 1.807) is 0 Å². The highest BCUT2D eigenvalue weighted by Gasteiger charge is 2.34. The van der Waals surface area contributed by atoms with Crippen LogP contribution in [0.4, 0.5) is 0 Å². The summed E-state index contributed by atoms with van der Waals surface area (Å²) >= 11 is 0. The summed E-state index contributed by atoms with van der Waals surface area (Å²) < 4.78 is 0. The first-order valence-electron chi connectivity index (χ1n) is 5.83. The molecule has 2 heteroatoms. The van der Waals surface area contributed by atoms with Crippen LogP contribution in [0.3, 0.4) is 0 Å². The molecule has 0 bridgehead atoms. The van der Waals surface area contributed by atoms with Crippen LogP contribution >= 0.6 is 0 Å². The minimum Gasteiger partial charge on any atom is -0.389 e. The van der Waals surface area contributed by atoms with E-state index in [2.05, 4.69) is 19.2 Å². The topological polar surface area (TPSA) is 32.3 Å². The Morgan fingerprint density at radius 3 is 2.57 bits per heavy atom. The second-order valence-corrected chi connectivity index (χ2v) is 5.66. The van der Waals surface area contributed by atoms with Gasteiger partial charge in [0.25, 0.3) is 0 Å². The lowest BCUT2D eigenvalue weighted by Gasteiger charge is -2.31. The maximum Gasteiger partial charge on any atom is 0.0741 e. The van der Waals surface area contributed by atoms with Crippen molar-refractivity contribution in [1.82, 2.24) is 5.32 Å². The highest BCUT2D eigenvalue weighted by Crippen LogP contribution is 2.37. The first-order chi connectivity index (χ1) is 6.37. The SMILES string of the molecule is CCC(C)(O)CNC1CCCC1(C)C. The molecule has 1 aliphatic rings. The number of rotatable bonds is 4. The standard InChI is InChI=1S/C12H25NO/c1-5-12(4,14)9-13-10-7-6-8-11(10,2)3/h10,13-14H,5-9H2,1-4H3. The summed E-state index contributed by atoms with van der Waals surface area (Å²) in [5, 5.41) is 13.4. The van der Waals surface area contributed by atoms with Crippen LogP contribution in [0.1, 0.15) is 53.4 Å². The van der Waals surface area contributed by atoms with Gasteiger partial charge < -0.3 is 10.4 Å². The van der Waals surface area contributed by atoms with E-state index < -0.39 is 5.60 Å². The van der Waals surface area contributed by atoms with Crippen LogP contribution in [-0.4, -0.2) is 23.3 Å². The van der Waals surface area contributed by atoms with Crippen molar-refractivity contribution in [3.8, 4) is 0 Å². The summed E-state index contributed by atoms with van der Waals surface area (Å²) in [5.41, 5.74) is -0.136. The molecule has 1 saturated carbocycles. The molecule has 1 fully saturated rings. The summed E-state index contributed by atoms with van der Waals surface area (Å²) in [6.45, 7) is 9.29. The molecule has 0 aromatic rings. The molecular weight excluding hydrogens is 174 g/mol. The fraction of sp³-hybridized carbons (Fsp3) is 1.00. The third-order valence-electron chi connectivity index (χ3n) is 3.75. The Morgan fingerprint density at radius 1 is 1.50 bits per heavy atom. The average molecular weight is 199 g/mol. The van der Waals surface area contributed by atoms with E-state index in [-0.39, 0.29) is 0 Å². The lowest BCUT2D eigenvalue weighted by molar-refractivity contribution is 0.0487. The molecule has 2 nitrogen and oxygen atoms in total. The van der Waals surface area contributed by atoms with Crippen molar-refractivity contribution < 1.29 is 5.11 Å². The summed E-state index contributed by atoms with van der Waals surface area (Å²) in [5.74, 6) is 0. The molecule has 1 aliphatic carbocycles. The Labute approximate surface area is 88.1 Å². The van der Waals surface area contributed by atoms with Crippen molar-refractivity contribution in [1.29, 1.82) is 0 Å². The molecule has 14 heavy (non-hydrogen) atoms. The minimum absolute atomic E-state index is 0.407. The molecular formula is C12H25NO. The predicted molar refractivity (Wildman–Crippen MR) is 60.3 cm³/mol. The fourth-order valence-electron chi connectivity index (χ4n) is 2.17. The highest BCUT2D eigenvalue weighted by molar-refractivity contribution is 4.91. The Hall–Kier alpha value is -0.0800. The zero-order valence-corrected chi connectivity index (χ0v) is 10.1. The van der Waals surface area contributed by atoms with E-state index in [4.69, 9.17) is 0 Å². The van der Waals surface area contributed by atoms with Crippen LogP contribution in [0.15, 0.2) is 0 Å². The smallest absolute Gasteiger partial charge is 0.0741 e. The average Bonchev–Trinajstić information content (AvgIpc) is 2.42. The molecule has 0 radical (unpaired) electrons. The number of hydrogen-bond donors (Lipinski definition) is 2. The largest absolute Gasteiger partial charge is 0.389 e. The molecule has 1 rings (SSSR count). The second kappa shape index (κ2) is 4.19. The van der Waals surface area contributed by atoms with Crippen LogP contribution in [-0.2, 0) is 0 Å².